The van der Waals surface area contributed by atoms with Crippen LogP contribution < -0.4 is 5.32 Å². The quantitative estimate of drug-likeness (QED) is 0.637. The van der Waals surface area contributed by atoms with Crippen molar-refractivity contribution in [2.24, 2.45) is 0 Å². The van der Waals surface area contributed by atoms with Crippen LogP contribution in [-0.2, 0) is 16.0 Å². The summed E-state index contributed by atoms with van der Waals surface area (Å²) in [5, 5.41) is 3.19. The number of benzene rings is 2. The minimum Gasteiger partial charge on any atom is -0.464 e. The summed E-state index contributed by atoms with van der Waals surface area (Å²) in [4.78, 5) is 11.6. The number of para-hydroxylation sites is 1. The van der Waals surface area contributed by atoms with Crippen molar-refractivity contribution in [1.82, 2.24) is 0 Å². The van der Waals surface area contributed by atoms with E-state index >= 15 is 0 Å². The van der Waals surface area contributed by atoms with Gasteiger partial charge in [0.2, 0.25) is 0 Å². The highest BCUT2D eigenvalue weighted by atomic mass is 16.5. The summed E-state index contributed by atoms with van der Waals surface area (Å²) in [6, 6.07) is 19.4. The molecule has 3 heteroatoms. The van der Waals surface area contributed by atoms with Gasteiger partial charge in [-0.2, -0.15) is 0 Å². The van der Waals surface area contributed by atoms with Crippen LogP contribution in [0.1, 0.15) is 5.56 Å². The van der Waals surface area contributed by atoms with Gasteiger partial charge in [0.05, 0.1) is 6.42 Å². The largest absolute Gasteiger partial charge is 0.464 e. The van der Waals surface area contributed by atoms with Gasteiger partial charge in [0.25, 0.3) is 0 Å². The van der Waals surface area contributed by atoms with E-state index in [2.05, 4.69) is 5.32 Å². The Morgan fingerprint density at radius 1 is 0.947 bits per heavy atom. The molecule has 0 spiro atoms. The molecule has 3 nitrogen and oxygen atoms in total. The van der Waals surface area contributed by atoms with Gasteiger partial charge in [-0.05, 0) is 17.7 Å². The molecule has 1 N–H and O–H groups in total. The van der Waals surface area contributed by atoms with Crippen molar-refractivity contribution in [3.8, 4) is 0 Å². The van der Waals surface area contributed by atoms with Gasteiger partial charge in [0, 0.05) is 12.2 Å². The second kappa shape index (κ2) is 7.21. The summed E-state index contributed by atoms with van der Waals surface area (Å²) >= 11 is 0. The standard InChI is InChI=1S/C16H17NO2/c18-16(13-14-7-3-1-4-8-14)19-12-11-17-15-9-5-2-6-10-15/h1-10,17H,11-13H2. The van der Waals surface area contributed by atoms with E-state index in [4.69, 9.17) is 4.74 Å². The predicted molar refractivity (Wildman–Crippen MR) is 76.0 cm³/mol. The van der Waals surface area contributed by atoms with Crippen molar-refractivity contribution in [2.45, 2.75) is 6.42 Å². The van der Waals surface area contributed by atoms with Crippen LogP contribution in [0.15, 0.2) is 60.7 Å². The van der Waals surface area contributed by atoms with Gasteiger partial charge in [0.15, 0.2) is 0 Å². The Bertz CT molecular complexity index is 497. The first-order valence-corrected chi connectivity index (χ1v) is 6.33. The molecular formula is C16H17NO2. The molecule has 2 rings (SSSR count). The summed E-state index contributed by atoms with van der Waals surface area (Å²) in [5.74, 6) is -0.193. The Balaban J connectivity index is 1.65. The highest BCUT2D eigenvalue weighted by molar-refractivity contribution is 5.72. The fourth-order valence-corrected chi connectivity index (χ4v) is 1.73. The minimum atomic E-state index is -0.193. The summed E-state index contributed by atoms with van der Waals surface area (Å²) in [6.45, 7) is 0.991. The van der Waals surface area contributed by atoms with Gasteiger partial charge < -0.3 is 10.1 Å². The number of hydrogen-bond donors (Lipinski definition) is 1. The maximum atomic E-state index is 11.6. The Kier molecular flexibility index (Phi) is 4.99. The lowest BCUT2D eigenvalue weighted by molar-refractivity contribution is -0.142. The van der Waals surface area contributed by atoms with Crippen molar-refractivity contribution < 1.29 is 9.53 Å². The molecule has 0 aliphatic carbocycles. The molecule has 0 fully saturated rings. The maximum Gasteiger partial charge on any atom is 0.310 e. The van der Waals surface area contributed by atoms with E-state index in [0.717, 1.165) is 11.3 Å². The van der Waals surface area contributed by atoms with Crippen molar-refractivity contribution in [3.63, 3.8) is 0 Å². The summed E-state index contributed by atoms with van der Waals surface area (Å²) < 4.78 is 5.17. The molecule has 0 unspecified atom stereocenters. The van der Waals surface area contributed by atoms with Gasteiger partial charge in [-0.15, -0.1) is 0 Å². The molecule has 2 aromatic carbocycles. The van der Waals surface area contributed by atoms with E-state index in [1.165, 1.54) is 0 Å². The molecule has 0 aliphatic heterocycles. The van der Waals surface area contributed by atoms with Crippen molar-refractivity contribution in [2.75, 3.05) is 18.5 Å². The molecule has 0 aliphatic rings. The third kappa shape index (κ3) is 4.84. The van der Waals surface area contributed by atoms with Crippen LogP contribution in [0, 0.1) is 0 Å². The third-order valence-corrected chi connectivity index (χ3v) is 2.66. The predicted octanol–water partition coefficient (Wildman–Crippen LogP) is 2.88. The molecular weight excluding hydrogens is 238 g/mol. The van der Waals surface area contributed by atoms with E-state index in [-0.39, 0.29) is 5.97 Å². The first-order valence-electron chi connectivity index (χ1n) is 6.33. The van der Waals surface area contributed by atoms with E-state index in [0.29, 0.717) is 19.6 Å². The number of nitrogens with one attached hydrogen (secondary N) is 1. The normalized spacial score (nSPS) is 9.89. The number of esters is 1. The minimum absolute atomic E-state index is 0.193. The Morgan fingerprint density at radius 2 is 1.58 bits per heavy atom. The molecule has 0 atom stereocenters. The van der Waals surface area contributed by atoms with E-state index in [1.54, 1.807) is 0 Å². The van der Waals surface area contributed by atoms with Gasteiger partial charge in [-0.1, -0.05) is 48.5 Å². The Hall–Kier alpha value is -2.29. The highest BCUT2D eigenvalue weighted by Crippen LogP contribution is 2.04. The van der Waals surface area contributed by atoms with Crippen LogP contribution in [0.5, 0.6) is 0 Å². The monoisotopic (exact) mass is 255 g/mol. The van der Waals surface area contributed by atoms with Crippen molar-refractivity contribution in [3.05, 3.63) is 66.2 Å². The van der Waals surface area contributed by atoms with Crippen molar-refractivity contribution >= 4 is 11.7 Å². The zero-order valence-corrected chi connectivity index (χ0v) is 10.7. The van der Waals surface area contributed by atoms with Gasteiger partial charge >= 0.3 is 5.97 Å². The van der Waals surface area contributed by atoms with E-state index in [9.17, 15) is 4.79 Å². The van der Waals surface area contributed by atoms with Crippen molar-refractivity contribution in [1.29, 1.82) is 0 Å². The molecule has 2 aromatic rings. The van der Waals surface area contributed by atoms with Gasteiger partial charge in [-0.3, -0.25) is 4.79 Å². The topological polar surface area (TPSA) is 38.3 Å². The number of rotatable bonds is 6. The van der Waals surface area contributed by atoms with Crippen LogP contribution in [0.4, 0.5) is 5.69 Å². The second-order valence-electron chi connectivity index (χ2n) is 4.18. The molecule has 0 aromatic heterocycles. The molecule has 0 amide bonds. The number of hydrogen-bond acceptors (Lipinski definition) is 3. The molecule has 0 heterocycles. The Labute approximate surface area is 113 Å². The SMILES string of the molecule is O=C(Cc1ccccc1)OCCNc1ccccc1. The first-order chi connectivity index (χ1) is 9.34. The van der Waals surface area contributed by atoms with E-state index in [1.807, 2.05) is 60.7 Å². The van der Waals surface area contributed by atoms with Crippen LogP contribution in [0.3, 0.4) is 0 Å². The number of carbonyl (C=O) groups is 1. The molecule has 0 bridgehead atoms. The van der Waals surface area contributed by atoms with Crippen LogP contribution in [0.25, 0.3) is 0 Å². The fourth-order valence-electron chi connectivity index (χ4n) is 1.73. The van der Waals surface area contributed by atoms with Crippen LogP contribution >= 0.6 is 0 Å². The molecule has 19 heavy (non-hydrogen) atoms. The highest BCUT2D eigenvalue weighted by Gasteiger charge is 2.03. The number of anilines is 1. The Morgan fingerprint density at radius 3 is 2.26 bits per heavy atom. The lowest BCUT2D eigenvalue weighted by atomic mass is 10.2. The molecule has 0 saturated carbocycles. The van der Waals surface area contributed by atoms with Gasteiger partial charge in [-0.25, -0.2) is 0 Å². The third-order valence-electron chi connectivity index (χ3n) is 2.66. The molecule has 98 valence electrons. The maximum absolute atomic E-state index is 11.6. The van der Waals surface area contributed by atoms with E-state index < -0.39 is 0 Å². The zero-order chi connectivity index (χ0) is 13.3. The molecule has 0 saturated heterocycles. The van der Waals surface area contributed by atoms with Crippen LogP contribution in [-0.4, -0.2) is 19.1 Å². The van der Waals surface area contributed by atoms with Gasteiger partial charge in [0.1, 0.15) is 6.61 Å². The summed E-state index contributed by atoms with van der Waals surface area (Å²) in [6.07, 6.45) is 0.326. The lowest BCUT2D eigenvalue weighted by Gasteiger charge is -2.07. The zero-order valence-electron chi connectivity index (χ0n) is 10.7. The summed E-state index contributed by atoms with van der Waals surface area (Å²) in [5.41, 5.74) is 2.00. The summed E-state index contributed by atoms with van der Waals surface area (Å²) in [7, 11) is 0. The number of carbonyl (C=O) groups excluding carboxylic acids is 1. The average Bonchev–Trinajstić information content (AvgIpc) is 2.46. The average molecular weight is 255 g/mol. The smallest absolute Gasteiger partial charge is 0.310 e. The fraction of sp³-hybridized carbons (Fsp3) is 0.188. The van der Waals surface area contributed by atoms with Crippen LogP contribution in [0.2, 0.25) is 0 Å². The molecule has 0 radical (unpaired) electrons. The number of ether oxygens (including phenoxy) is 1. The first kappa shape index (κ1) is 13.1. The lowest BCUT2D eigenvalue weighted by Crippen LogP contribution is -2.15. The second-order valence-corrected chi connectivity index (χ2v) is 4.18.